The number of carbonyl (C=O) groups excluding carboxylic acids is 1. The van der Waals surface area contributed by atoms with Gasteiger partial charge in [-0.15, -0.1) is 0 Å². The molecule has 1 heterocycles. The van der Waals surface area contributed by atoms with Gasteiger partial charge in [0.05, 0.1) is 0 Å². The maximum Gasteiger partial charge on any atom is 0.408 e. The highest BCUT2D eigenvalue weighted by molar-refractivity contribution is 5.70. The van der Waals surface area contributed by atoms with E-state index in [1.807, 2.05) is 30.3 Å². The summed E-state index contributed by atoms with van der Waals surface area (Å²) in [4.78, 5) is 10.7. The van der Waals surface area contributed by atoms with Crippen LogP contribution in [0.5, 0.6) is 0 Å². The van der Waals surface area contributed by atoms with Gasteiger partial charge in [0.2, 0.25) is 0 Å². The summed E-state index contributed by atoms with van der Waals surface area (Å²) in [6.45, 7) is 0.332. The minimum Gasteiger partial charge on any atom is -0.446 e. The highest BCUT2D eigenvalue weighted by Crippen LogP contribution is 1.98. The number of cyclic esters (lactones) is 1. The molecule has 1 amide bonds. The van der Waals surface area contributed by atoms with Crippen molar-refractivity contribution in [2.45, 2.75) is 6.04 Å². The fourth-order valence-electron chi connectivity index (χ4n) is 1.15. The van der Waals surface area contributed by atoms with Crippen molar-refractivity contribution in [1.29, 1.82) is 0 Å². The number of amides is 1. The van der Waals surface area contributed by atoms with Gasteiger partial charge in [-0.05, 0) is 12.1 Å². The fourth-order valence-corrected chi connectivity index (χ4v) is 1.15. The molecule has 0 saturated carbocycles. The molecule has 0 aromatic heterocycles. The first kappa shape index (κ1) is 8.64. The van der Waals surface area contributed by atoms with Gasteiger partial charge in [-0.1, -0.05) is 30.0 Å². The molecule has 70 valence electrons. The van der Waals surface area contributed by atoms with Crippen LogP contribution in [0, 0.1) is 11.8 Å². The molecule has 0 aliphatic carbocycles. The molecule has 3 heteroatoms. The minimum absolute atomic E-state index is 0.178. The molecule has 0 unspecified atom stereocenters. The van der Waals surface area contributed by atoms with E-state index >= 15 is 0 Å². The lowest BCUT2D eigenvalue weighted by molar-refractivity contribution is 0.177. The van der Waals surface area contributed by atoms with E-state index in [0.717, 1.165) is 5.56 Å². The van der Waals surface area contributed by atoms with Crippen molar-refractivity contribution in [3.05, 3.63) is 35.9 Å². The molecule has 2 rings (SSSR count). The van der Waals surface area contributed by atoms with Gasteiger partial charge in [-0.25, -0.2) is 4.79 Å². The topological polar surface area (TPSA) is 38.3 Å². The third kappa shape index (κ3) is 2.05. The van der Waals surface area contributed by atoms with E-state index < -0.39 is 6.09 Å². The summed E-state index contributed by atoms with van der Waals surface area (Å²) >= 11 is 0. The maximum atomic E-state index is 10.7. The third-order valence-electron chi connectivity index (χ3n) is 1.84. The van der Waals surface area contributed by atoms with E-state index in [4.69, 9.17) is 4.74 Å². The number of alkyl carbamates (subject to hydrolysis) is 1. The molecule has 1 atom stereocenters. The summed E-state index contributed by atoms with van der Waals surface area (Å²) in [5.41, 5.74) is 0.939. The Hall–Kier alpha value is -1.95. The van der Waals surface area contributed by atoms with Crippen LogP contribution < -0.4 is 5.32 Å². The summed E-state index contributed by atoms with van der Waals surface area (Å²) in [6, 6.07) is 9.45. The summed E-state index contributed by atoms with van der Waals surface area (Å²) in [5, 5.41) is 2.59. The minimum atomic E-state index is -0.391. The Balaban J connectivity index is 2.04. The van der Waals surface area contributed by atoms with Crippen molar-refractivity contribution in [3.8, 4) is 11.8 Å². The van der Waals surface area contributed by atoms with E-state index in [1.165, 1.54) is 0 Å². The van der Waals surface area contributed by atoms with Crippen molar-refractivity contribution in [3.63, 3.8) is 0 Å². The SMILES string of the molecule is O=C1N[C@@H](C#Cc2ccccc2)CO1. The van der Waals surface area contributed by atoms with E-state index in [2.05, 4.69) is 17.2 Å². The number of hydrogen-bond acceptors (Lipinski definition) is 2. The molecule has 1 aromatic rings. The van der Waals surface area contributed by atoms with E-state index in [-0.39, 0.29) is 6.04 Å². The van der Waals surface area contributed by atoms with Gasteiger partial charge in [0.25, 0.3) is 0 Å². The zero-order valence-electron chi connectivity index (χ0n) is 7.49. The Labute approximate surface area is 82.1 Å². The molecular weight excluding hydrogens is 178 g/mol. The summed E-state index contributed by atoms with van der Waals surface area (Å²) < 4.78 is 4.70. The predicted molar refractivity (Wildman–Crippen MR) is 51.6 cm³/mol. The molecule has 14 heavy (non-hydrogen) atoms. The van der Waals surface area contributed by atoms with Gasteiger partial charge in [0.15, 0.2) is 0 Å². The van der Waals surface area contributed by atoms with Crippen molar-refractivity contribution in [1.82, 2.24) is 5.32 Å². The molecular formula is C11H9NO2. The first-order valence-corrected chi connectivity index (χ1v) is 4.34. The van der Waals surface area contributed by atoms with Crippen LogP contribution in [0.3, 0.4) is 0 Å². The van der Waals surface area contributed by atoms with Crippen LogP contribution in [-0.2, 0) is 4.74 Å². The van der Waals surface area contributed by atoms with Gasteiger partial charge in [0, 0.05) is 5.56 Å². The van der Waals surface area contributed by atoms with E-state index in [1.54, 1.807) is 0 Å². The van der Waals surface area contributed by atoms with Crippen molar-refractivity contribution in [2.24, 2.45) is 0 Å². The van der Waals surface area contributed by atoms with Crippen LogP contribution in [0.2, 0.25) is 0 Å². The zero-order chi connectivity index (χ0) is 9.80. The Kier molecular flexibility index (Phi) is 2.37. The Morgan fingerprint density at radius 3 is 2.79 bits per heavy atom. The van der Waals surface area contributed by atoms with Crippen molar-refractivity contribution >= 4 is 6.09 Å². The average molecular weight is 187 g/mol. The molecule has 0 bridgehead atoms. The maximum absolute atomic E-state index is 10.7. The molecule has 3 nitrogen and oxygen atoms in total. The number of hydrogen-bond donors (Lipinski definition) is 1. The smallest absolute Gasteiger partial charge is 0.408 e. The van der Waals surface area contributed by atoms with Crippen LogP contribution in [0.25, 0.3) is 0 Å². The van der Waals surface area contributed by atoms with Crippen molar-refractivity contribution in [2.75, 3.05) is 6.61 Å². The quantitative estimate of drug-likeness (QED) is 0.619. The number of carbonyl (C=O) groups is 1. The monoisotopic (exact) mass is 187 g/mol. The summed E-state index contributed by atoms with van der Waals surface area (Å²) in [5.74, 6) is 5.88. The lowest BCUT2D eigenvalue weighted by atomic mass is 10.2. The highest BCUT2D eigenvalue weighted by Gasteiger charge is 2.19. The van der Waals surface area contributed by atoms with Crippen LogP contribution in [0.4, 0.5) is 4.79 Å². The van der Waals surface area contributed by atoms with Crippen LogP contribution in [0.15, 0.2) is 30.3 Å². The van der Waals surface area contributed by atoms with Crippen LogP contribution >= 0.6 is 0 Å². The highest BCUT2D eigenvalue weighted by atomic mass is 16.6. The molecule has 1 saturated heterocycles. The first-order chi connectivity index (χ1) is 6.84. The Morgan fingerprint density at radius 1 is 1.36 bits per heavy atom. The molecule has 1 fully saturated rings. The molecule has 1 N–H and O–H groups in total. The van der Waals surface area contributed by atoms with Gasteiger partial charge < -0.3 is 10.1 Å². The number of ether oxygens (including phenoxy) is 1. The summed E-state index contributed by atoms with van der Waals surface area (Å²) in [7, 11) is 0. The second-order valence-corrected chi connectivity index (χ2v) is 2.93. The average Bonchev–Trinajstić information content (AvgIpc) is 2.63. The molecule has 0 spiro atoms. The van der Waals surface area contributed by atoms with Gasteiger partial charge >= 0.3 is 6.09 Å². The molecule has 1 aromatic carbocycles. The number of benzene rings is 1. The lowest BCUT2D eigenvalue weighted by Crippen LogP contribution is -2.24. The number of rotatable bonds is 0. The van der Waals surface area contributed by atoms with Crippen LogP contribution in [0.1, 0.15) is 5.56 Å². The largest absolute Gasteiger partial charge is 0.446 e. The van der Waals surface area contributed by atoms with E-state index in [9.17, 15) is 4.79 Å². The molecule has 1 aliphatic heterocycles. The Morgan fingerprint density at radius 2 is 2.14 bits per heavy atom. The number of nitrogens with one attached hydrogen (secondary N) is 1. The van der Waals surface area contributed by atoms with Gasteiger partial charge in [-0.3, -0.25) is 0 Å². The third-order valence-corrected chi connectivity index (χ3v) is 1.84. The van der Waals surface area contributed by atoms with Crippen molar-refractivity contribution < 1.29 is 9.53 Å². The first-order valence-electron chi connectivity index (χ1n) is 4.34. The second-order valence-electron chi connectivity index (χ2n) is 2.93. The summed E-state index contributed by atoms with van der Waals surface area (Å²) in [6.07, 6.45) is -0.391. The molecule has 0 radical (unpaired) electrons. The predicted octanol–water partition coefficient (Wildman–Crippen LogP) is 1.15. The molecule has 1 aliphatic rings. The standard InChI is InChI=1S/C11H9NO2/c13-11-12-10(8-14-11)7-6-9-4-2-1-3-5-9/h1-5,10H,8H2,(H,12,13)/t10-/m0/s1. The fraction of sp³-hybridized carbons (Fsp3) is 0.182. The van der Waals surface area contributed by atoms with Gasteiger partial charge in [0.1, 0.15) is 12.6 Å². The lowest BCUT2D eigenvalue weighted by Gasteiger charge is -1.93. The van der Waals surface area contributed by atoms with Gasteiger partial charge in [-0.2, -0.15) is 0 Å². The zero-order valence-corrected chi connectivity index (χ0v) is 7.49. The second kappa shape index (κ2) is 3.84. The van der Waals surface area contributed by atoms with Crippen LogP contribution in [-0.4, -0.2) is 18.7 Å². The Bertz CT molecular complexity index is 389. The van der Waals surface area contributed by atoms with E-state index in [0.29, 0.717) is 6.61 Å². The normalized spacial score (nSPS) is 19.1.